The Kier molecular flexibility index (Phi) is 5.70. The second-order valence-electron chi connectivity index (χ2n) is 4.14. The van der Waals surface area contributed by atoms with E-state index in [9.17, 15) is 0 Å². The molecule has 0 aliphatic heterocycles. The molecule has 86 valence electrons. The van der Waals surface area contributed by atoms with Crippen LogP contribution in [-0.2, 0) is 4.74 Å². The minimum absolute atomic E-state index is 0.338. The van der Waals surface area contributed by atoms with E-state index in [0.29, 0.717) is 12.1 Å². The summed E-state index contributed by atoms with van der Waals surface area (Å²) < 4.78 is 5.52. The van der Waals surface area contributed by atoms with Gasteiger partial charge in [0.15, 0.2) is 0 Å². The van der Waals surface area contributed by atoms with Gasteiger partial charge >= 0.3 is 0 Å². The van der Waals surface area contributed by atoms with Crippen LogP contribution in [0.25, 0.3) is 0 Å². The van der Waals surface area contributed by atoms with Crippen molar-refractivity contribution in [3.63, 3.8) is 0 Å². The Bertz CT molecular complexity index is 226. The maximum absolute atomic E-state index is 5.52. The average molecular weight is 210 g/mol. The van der Waals surface area contributed by atoms with Crippen LogP contribution in [0.1, 0.15) is 39.5 Å². The number of hydrazine groups is 1. The third-order valence-corrected chi connectivity index (χ3v) is 2.97. The van der Waals surface area contributed by atoms with Crippen LogP contribution in [0, 0.1) is 17.8 Å². The second-order valence-corrected chi connectivity index (χ2v) is 4.14. The lowest BCUT2D eigenvalue weighted by Gasteiger charge is -2.36. The molecular formula is C12H22N2O. The predicted molar refractivity (Wildman–Crippen MR) is 61.9 cm³/mol. The first kappa shape index (κ1) is 12.5. The Morgan fingerprint density at radius 3 is 2.80 bits per heavy atom. The molecule has 15 heavy (non-hydrogen) atoms. The minimum Gasteiger partial charge on any atom is -0.378 e. The zero-order chi connectivity index (χ0) is 11.1. The van der Waals surface area contributed by atoms with Crippen LogP contribution in [0.3, 0.4) is 0 Å². The Balaban J connectivity index is 2.14. The van der Waals surface area contributed by atoms with E-state index < -0.39 is 0 Å². The fourth-order valence-electron chi connectivity index (χ4n) is 2.08. The third kappa shape index (κ3) is 4.21. The number of rotatable bonds is 6. The van der Waals surface area contributed by atoms with Gasteiger partial charge < -0.3 is 4.74 Å². The van der Waals surface area contributed by atoms with Crippen LogP contribution < -0.4 is 11.3 Å². The lowest BCUT2D eigenvalue weighted by Crippen LogP contribution is -2.40. The number of nitrogens with two attached hydrogens (primary N) is 1. The molecule has 0 saturated heterocycles. The molecule has 1 saturated carbocycles. The van der Waals surface area contributed by atoms with Crippen molar-refractivity contribution in [2.24, 2.45) is 11.8 Å². The molecule has 3 nitrogen and oxygen atoms in total. The Morgan fingerprint density at radius 1 is 1.53 bits per heavy atom. The molecule has 3 N–H and O–H groups in total. The van der Waals surface area contributed by atoms with E-state index in [1.165, 1.54) is 12.8 Å². The van der Waals surface area contributed by atoms with Gasteiger partial charge in [0.1, 0.15) is 0 Å². The lowest BCUT2D eigenvalue weighted by atomic mass is 9.78. The van der Waals surface area contributed by atoms with Crippen molar-refractivity contribution in [2.45, 2.75) is 51.7 Å². The summed E-state index contributed by atoms with van der Waals surface area (Å²) in [6, 6.07) is 0.338. The number of hydrogen-bond donors (Lipinski definition) is 2. The van der Waals surface area contributed by atoms with E-state index in [2.05, 4.69) is 24.2 Å². The van der Waals surface area contributed by atoms with Gasteiger partial charge in [0.05, 0.1) is 6.10 Å². The summed E-state index contributed by atoms with van der Waals surface area (Å²) in [5.41, 5.74) is 2.84. The molecule has 1 aliphatic carbocycles. The first-order chi connectivity index (χ1) is 7.30. The molecule has 3 heteroatoms. The van der Waals surface area contributed by atoms with Crippen molar-refractivity contribution in [1.82, 2.24) is 5.43 Å². The predicted octanol–water partition coefficient (Wildman–Crippen LogP) is 1.44. The molecule has 0 bridgehead atoms. The molecule has 0 amide bonds. The molecule has 0 radical (unpaired) electrons. The second kappa shape index (κ2) is 6.84. The molecule has 0 aromatic rings. The van der Waals surface area contributed by atoms with Gasteiger partial charge in [0.2, 0.25) is 0 Å². The van der Waals surface area contributed by atoms with Gasteiger partial charge in [-0.05, 0) is 39.0 Å². The first-order valence-electron chi connectivity index (χ1n) is 5.77. The van der Waals surface area contributed by atoms with Crippen molar-refractivity contribution in [2.75, 3.05) is 6.61 Å². The number of ether oxygens (including phenoxy) is 1. The van der Waals surface area contributed by atoms with Gasteiger partial charge in [-0.25, -0.2) is 0 Å². The maximum atomic E-state index is 5.52. The van der Waals surface area contributed by atoms with Crippen LogP contribution in [-0.4, -0.2) is 18.8 Å². The fraction of sp³-hybridized carbons (Fsp3) is 0.833. The third-order valence-electron chi connectivity index (χ3n) is 2.97. The standard InChI is InChI=1S/C12H22N2O/c1-3-5-6-11(14-13)7-10-8-12(9-10)15-4-2/h10-12,14H,4,6-9,13H2,1-2H3. The number of hydrogen-bond acceptors (Lipinski definition) is 3. The first-order valence-corrected chi connectivity index (χ1v) is 5.77. The van der Waals surface area contributed by atoms with Crippen molar-refractivity contribution >= 4 is 0 Å². The number of nitrogens with one attached hydrogen (secondary N) is 1. The maximum Gasteiger partial charge on any atom is 0.0580 e. The van der Waals surface area contributed by atoms with E-state index in [0.717, 1.165) is 25.4 Å². The SMILES string of the molecule is CC#CCC(CC1CC(OCC)C1)NN. The summed E-state index contributed by atoms with van der Waals surface area (Å²) in [7, 11) is 0. The Morgan fingerprint density at radius 2 is 2.27 bits per heavy atom. The summed E-state index contributed by atoms with van der Waals surface area (Å²) in [5, 5.41) is 0. The largest absolute Gasteiger partial charge is 0.378 e. The van der Waals surface area contributed by atoms with Crippen LogP contribution >= 0.6 is 0 Å². The molecule has 1 unspecified atom stereocenters. The van der Waals surface area contributed by atoms with Crippen molar-refractivity contribution in [3.8, 4) is 11.8 Å². The topological polar surface area (TPSA) is 47.3 Å². The molecule has 0 aromatic heterocycles. The van der Waals surface area contributed by atoms with E-state index >= 15 is 0 Å². The highest BCUT2D eigenvalue weighted by atomic mass is 16.5. The molecular weight excluding hydrogens is 188 g/mol. The summed E-state index contributed by atoms with van der Waals surface area (Å²) in [6.07, 6.45) is 4.84. The van der Waals surface area contributed by atoms with Crippen molar-refractivity contribution < 1.29 is 4.74 Å². The highest BCUT2D eigenvalue weighted by molar-refractivity contribution is 4.98. The van der Waals surface area contributed by atoms with Crippen LogP contribution in [0.4, 0.5) is 0 Å². The van der Waals surface area contributed by atoms with E-state index in [4.69, 9.17) is 10.6 Å². The van der Waals surface area contributed by atoms with Gasteiger partial charge in [-0.3, -0.25) is 11.3 Å². The molecule has 0 spiro atoms. The smallest absolute Gasteiger partial charge is 0.0580 e. The van der Waals surface area contributed by atoms with Gasteiger partial charge in [-0.1, -0.05) is 0 Å². The molecule has 1 fully saturated rings. The zero-order valence-electron chi connectivity index (χ0n) is 9.75. The van der Waals surface area contributed by atoms with Gasteiger partial charge in [0, 0.05) is 19.1 Å². The van der Waals surface area contributed by atoms with Crippen LogP contribution in [0.2, 0.25) is 0 Å². The monoisotopic (exact) mass is 210 g/mol. The lowest BCUT2D eigenvalue weighted by molar-refractivity contribution is -0.0289. The van der Waals surface area contributed by atoms with Gasteiger partial charge in [-0.2, -0.15) is 0 Å². The van der Waals surface area contributed by atoms with Crippen molar-refractivity contribution in [3.05, 3.63) is 0 Å². The zero-order valence-corrected chi connectivity index (χ0v) is 9.75. The summed E-state index contributed by atoms with van der Waals surface area (Å²) in [5.74, 6) is 12.2. The van der Waals surface area contributed by atoms with Gasteiger partial charge in [0.25, 0.3) is 0 Å². The summed E-state index contributed by atoms with van der Waals surface area (Å²) >= 11 is 0. The molecule has 1 aliphatic rings. The van der Waals surface area contributed by atoms with Crippen LogP contribution in [0.15, 0.2) is 0 Å². The van der Waals surface area contributed by atoms with Crippen molar-refractivity contribution in [1.29, 1.82) is 0 Å². The Labute approximate surface area is 92.7 Å². The van der Waals surface area contributed by atoms with Gasteiger partial charge in [-0.15, -0.1) is 11.8 Å². The van der Waals surface area contributed by atoms with E-state index in [-0.39, 0.29) is 0 Å². The quantitative estimate of drug-likeness (QED) is 0.396. The average Bonchev–Trinajstić information content (AvgIpc) is 2.20. The Hall–Kier alpha value is -0.560. The highest BCUT2D eigenvalue weighted by Gasteiger charge is 2.30. The molecule has 0 heterocycles. The van der Waals surface area contributed by atoms with E-state index in [1.54, 1.807) is 0 Å². The summed E-state index contributed by atoms with van der Waals surface area (Å²) in [4.78, 5) is 0. The molecule has 0 aromatic carbocycles. The molecule has 1 rings (SSSR count). The molecule has 1 atom stereocenters. The normalized spacial score (nSPS) is 26.3. The summed E-state index contributed by atoms with van der Waals surface area (Å²) in [6.45, 7) is 4.74. The van der Waals surface area contributed by atoms with Crippen LogP contribution in [0.5, 0.6) is 0 Å². The van der Waals surface area contributed by atoms with E-state index in [1.807, 2.05) is 6.92 Å². The fourth-order valence-corrected chi connectivity index (χ4v) is 2.08. The highest BCUT2D eigenvalue weighted by Crippen LogP contribution is 2.33. The minimum atomic E-state index is 0.338.